The number of anilines is 1. The minimum Gasteiger partial charge on any atom is -0.444 e. The topological polar surface area (TPSA) is 75.9 Å². The molecule has 0 saturated carbocycles. The number of halogens is 1. The first kappa shape index (κ1) is 20.1. The van der Waals surface area contributed by atoms with Crippen LogP contribution in [0, 0.1) is 0 Å². The molecule has 3 aromatic rings. The maximum Gasteiger partial charge on any atom is 0.410 e. The Hall–Kier alpha value is -2.87. The van der Waals surface area contributed by atoms with Gasteiger partial charge < -0.3 is 9.64 Å². The van der Waals surface area contributed by atoms with Gasteiger partial charge in [0.2, 0.25) is 0 Å². The normalized spacial score (nSPS) is 21.0. The molecule has 9 heteroatoms. The minimum absolute atomic E-state index is 0.152. The van der Waals surface area contributed by atoms with Gasteiger partial charge in [0.15, 0.2) is 5.15 Å². The standard InChI is InChI=1S/C22H25ClN6O2/c1-22(2,3)31-21(30)29-16-4-5-17(29)13-27(12-16)18-6-7-25-28-11-15(8-19(18)28)14-9-20(23)26-24-10-14/h6-11,16-17H,4-5,12-13H2,1-3H3. The first-order chi connectivity index (χ1) is 14.8. The number of rotatable bonds is 2. The summed E-state index contributed by atoms with van der Waals surface area (Å²) in [6, 6.07) is 6.24. The Kier molecular flexibility index (Phi) is 4.77. The van der Waals surface area contributed by atoms with Crippen LogP contribution in [0.3, 0.4) is 0 Å². The van der Waals surface area contributed by atoms with Crippen molar-refractivity contribution in [2.24, 2.45) is 0 Å². The summed E-state index contributed by atoms with van der Waals surface area (Å²) in [5.74, 6) is 0. The van der Waals surface area contributed by atoms with Gasteiger partial charge in [-0.25, -0.2) is 9.31 Å². The molecule has 2 atom stereocenters. The van der Waals surface area contributed by atoms with Crippen molar-refractivity contribution in [3.63, 3.8) is 0 Å². The van der Waals surface area contributed by atoms with Crippen LogP contribution in [0.25, 0.3) is 16.6 Å². The van der Waals surface area contributed by atoms with E-state index in [2.05, 4.69) is 26.3 Å². The van der Waals surface area contributed by atoms with Crippen LogP contribution >= 0.6 is 11.6 Å². The molecule has 2 fully saturated rings. The molecule has 8 nitrogen and oxygen atoms in total. The highest BCUT2D eigenvalue weighted by molar-refractivity contribution is 6.29. The lowest BCUT2D eigenvalue weighted by Crippen LogP contribution is -2.56. The molecule has 0 N–H and O–H groups in total. The van der Waals surface area contributed by atoms with E-state index in [-0.39, 0.29) is 18.2 Å². The summed E-state index contributed by atoms with van der Waals surface area (Å²) >= 11 is 6.02. The van der Waals surface area contributed by atoms with Crippen molar-refractivity contribution in [3.05, 3.63) is 41.9 Å². The third-order valence-electron chi connectivity index (χ3n) is 5.87. The first-order valence-corrected chi connectivity index (χ1v) is 10.9. The van der Waals surface area contributed by atoms with Gasteiger partial charge >= 0.3 is 6.09 Å². The fraction of sp³-hybridized carbons (Fsp3) is 0.455. The quantitative estimate of drug-likeness (QED) is 0.598. The summed E-state index contributed by atoms with van der Waals surface area (Å²) in [4.78, 5) is 17.1. The average Bonchev–Trinajstić information content (AvgIpc) is 3.25. The molecule has 2 bridgehead atoms. The molecule has 0 radical (unpaired) electrons. The molecule has 5 rings (SSSR count). The molecule has 2 aliphatic rings. The summed E-state index contributed by atoms with van der Waals surface area (Å²) < 4.78 is 7.54. The van der Waals surface area contributed by atoms with Crippen LogP contribution in [0.5, 0.6) is 0 Å². The third kappa shape index (κ3) is 3.80. The molecule has 3 aromatic heterocycles. The fourth-order valence-corrected chi connectivity index (χ4v) is 4.80. The Morgan fingerprint density at radius 2 is 1.90 bits per heavy atom. The van der Waals surface area contributed by atoms with Crippen LogP contribution in [-0.4, -0.2) is 61.6 Å². The van der Waals surface area contributed by atoms with Gasteiger partial charge in [0.05, 0.1) is 29.5 Å². The summed E-state index contributed by atoms with van der Waals surface area (Å²) in [7, 11) is 0. The Balaban J connectivity index is 1.43. The van der Waals surface area contributed by atoms with Crippen LogP contribution in [0.4, 0.5) is 10.5 Å². The van der Waals surface area contributed by atoms with E-state index in [0.29, 0.717) is 5.15 Å². The van der Waals surface area contributed by atoms with E-state index < -0.39 is 5.60 Å². The second-order valence-electron chi connectivity index (χ2n) is 9.22. The van der Waals surface area contributed by atoms with Crippen molar-refractivity contribution in [2.75, 3.05) is 18.0 Å². The van der Waals surface area contributed by atoms with E-state index >= 15 is 0 Å². The number of ether oxygens (including phenoxy) is 1. The van der Waals surface area contributed by atoms with Crippen LogP contribution in [0.2, 0.25) is 5.15 Å². The lowest BCUT2D eigenvalue weighted by molar-refractivity contribution is 0.0123. The molecule has 2 aliphatic heterocycles. The van der Waals surface area contributed by atoms with Gasteiger partial charge in [0.25, 0.3) is 0 Å². The number of aromatic nitrogens is 4. The van der Waals surface area contributed by atoms with E-state index in [4.69, 9.17) is 16.3 Å². The van der Waals surface area contributed by atoms with Gasteiger partial charge in [-0.3, -0.25) is 4.90 Å². The van der Waals surface area contributed by atoms with Crippen molar-refractivity contribution in [1.82, 2.24) is 24.7 Å². The van der Waals surface area contributed by atoms with E-state index in [1.807, 2.05) is 48.6 Å². The molecule has 0 spiro atoms. The number of hydrogen-bond donors (Lipinski definition) is 0. The number of fused-ring (bicyclic) bond motifs is 3. The summed E-state index contributed by atoms with van der Waals surface area (Å²) in [5.41, 5.74) is 3.50. The molecular weight excluding hydrogens is 416 g/mol. The summed E-state index contributed by atoms with van der Waals surface area (Å²) in [5, 5.41) is 12.6. The van der Waals surface area contributed by atoms with Gasteiger partial charge in [-0.1, -0.05) is 11.6 Å². The maximum atomic E-state index is 12.8. The van der Waals surface area contributed by atoms with Crippen molar-refractivity contribution in [3.8, 4) is 11.1 Å². The molecule has 0 aliphatic carbocycles. The lowest BCUT2D eigenvalue weighted by atomic mass is 10.1. The predicted octanol–water partition coefficient (Wildman–Crippen LogP) is 4.03. The molecule has 2 unspecified atom stereocenters. The molecule has 162 valence electrons. The van der Waals surface area contributed by atoms with E-state index in [1.54, 1.807) is 12.3 Å². The number of piperazine rings is 1. The van der Waals surface area contributed by atoms with Crippen LogP contribution < -0.4 is 4.90 Å². The Labute approximate surface area is 185 Å². The second-order valence-corrected chi connectivity index (χ2v) is 9.61. The summed E-state index contributed by atoms with van der Waals surface area (Å²) in [6.07, 6.45) is 7.26. The van der Waals surface area contributed by atoms with E-state index in [1.165, 1.54) is 0 Å². The zero-order valence-corrected chi connectivity index (χ0v) is 18.6. The van der Waals surface area contributed by atoms with Gasteiger partial charge in [0.1, 0.15) is 5.60 Å². The number of carbonyl (C=O) groups excluding carboxylic acids is 1. The highest BCUT2D eigenvalue weighted by atomic mass is 35.5. The number of hydrogen-bond acceptors (Lipinski definition) is 6. The molecule has 2 saturated heterocycles. The Morgan fingerprint density at radius 3 is 2.58 bits per heavy atom. The number of carbonyl (C=O) groups is 1. The Bertz CT molecular complexity index is 1130. The fourth-order valence-electron chi connectivity index (χ4n) is 4.64. The van der Waals surface area contributed by atoms with Gasteiger partial charge in [0, 0.05) is 36.6 Å². The monoisotopic (exact) mass is 440 g/mol. The zero-order chi connectivity index (χ0) is 21.8. The SMILES string of the molecule is CC(C)(C)OC(=O)N1C2CCC1CN(c1ccnn3cc(-c4cnnc(Cl)c4)cc13)C2. The van der Waals surface area contributed by atoms with E-state index in [0.717, 1.165) is 48.3 Å². The van der Waals surface area contributed by atoms with Crippen molar-refractivity contribution >= 4 is 28.9 Å². The minimum atomic E-state index is -0.488. The highest BCUT2D eigenvalue weighted by Crippen LogP contribution is 2.36. The maximum absolute atomic E-state index is 12.8. The van der Waals surface area contributed by atoms with Crippen LogP contribution in [-0.2, 0) is 4.74 Å². The number of amides is 1. The van der Waals surface area contributed by atoms with Crippen LogP contribution in [0.15, 0.2) is 36.8 Å². The first-order valence-electron chi connectivity index (χ1n) is 10.5. The zero-order valence-electron chi connectivity index (χ0n) is 17.8. The summed E-state index contributed by atoms with van der Waals surface area (Å²) in [6.45, 7) is 7.28. The third-order valence-corrected chi connectivity index (χ3v) is 6.06. The van der Waals surface area contributed by atoms with Crippen LogP contribution in [0.1, 0.15) is 33.6 Å². The Morgan fingerprint density at radius 1 is 1.16 bits per heavy atom. The molecule has 0 aromatic carbocycles. The average molecular weight is 441 g/mol. The molecule has 5 heterocycles. The van der Waals surface area contributed by atoms with Crippen molar-refractivity contribution in [2.45, 2.75) is 51.3 Å². The largest absolute Gasteiger partial charge is 0.444 e. The smallest absolute Gasteiger partial charge is 0.410 e. The van der Waals surface area contributed by atoms with Crippen molar-refractivity contribution < 1.29 is 9.53 Å². The van der Waals surface area contributed by atoms with Crippen molar-refractivity contribution in [1.29, 1.82) is 0 Å². The van der Waals surface area contributed by atoms with Gasteiger partial charge in [-0.15, -0.1) is 5.10 Å². The van der Waals surface area contributed by atoms with E-state index in [9.17, 15) is 4.79 Å². The van der Waals surface area contributed by atoms with Gasteiger partial charge in [-0.05, 0) is 51.8 Å². The predicted molar refractivity (Wildman–Crippen MR) is 118 cm³/mol. The van der Waals surface area contributed by atoms with Gasteiger partial charge in [-0.2, -0.15) is 10.2 Å². The highest BCUT2D eigenvalue weighted by Gasteiger charge is 2.44. The number of nitrogens with zero attached hydrogens (tertiary/aromatic N) is 6. The molecule has 31 heavy (non-hydrogen) atoms. The lowest BCUT2D eigenvalue weighted by Gasteiger charge is -2.42. The second kappa shape index (κ2) is 7.37. The molecular formula is C22H25ClN6O2. The molecule has 1 amide bonds.